The molecule has 2 N–H and O–H groups in total. The summed E-state index contributed by atoms with van der Waals surface area (Å²) in [6, 6.07) is 0. The Hall–Kier alpha value is -0.610. The second-order valence-corrected chi connectivity index (χ2v) is 6.62. The predicted molar refractivity (Wildman–Crippen MR) is 80.5 cm³/mol. The van der Waals surface area contributed by atoms with E-state index in [9.17, 15) is 9.90 Å². The summed E-state index contributed by atoms with van der Waals surface area (Å²) < 4.78 is 5.87. The van der Waals surface area contributed by atoms with Gasteiger partial charge in [0.1, 0.15) is 6.10 Å². The van der Waals surface area contributed by atoms with Gasteiger partial charge in [-0.05, 0) is 32.6 Å². The maximum Gasteiger partial charge on any atom is 0.248 e. The molecule has 1 fully saturated rings. The van der Waals surface area contributed by atoms with Crippen molar-refractivity contribution in [2.75, 3.05) is 6.54 Å². The Kier molecular flexibility index (Phi) is 6.96. The molecule has 4 nitrogen and oxygen atoms in total. The van der Waals surface area contributed by atoms with Gasteiger partial charge in [-0.2, -0.15) is 0 Å². The van der Waals surface area contributed by atoms with Crippen LogP contribution in [0.5, 0.6) is 0 Å². The molecular weight excluding hydrogens is 254 g/mol. The van der Waals surface area contributed by atoms with Crippen LogP contribution in [0.3, 0.4) is 0 Å². The molecule has 118 valence electrons. The molecule has 2 atom stereocenters. The van der Waals surface area contributed by atoms with Gasteiger partial charge in [-0.25, -0.2) is 0 Å². The van der Waals surface area contributed by atoms with E-state index in [4.69, 9.17) is 4.74 Å². The van der Waals surface area contributed by atoms with Gasteiger partial charge in [-0.3, -0.25) is 4.79 Å². The third-order valence-electron chi connectivity index (χ3n) is 4.43. The van der Waals surface area contributed by atoms with Crippen LogP contribution in [0.1, 0.15) is 66.2 Å². The molecular formula is C16H31NO3. The number of carbonyl (C=O) groups excluding carboxylic acids is 1. The van der Waals surface area contributed by atoms with Crippen LogP contribution in [0.15, 0.2) is 0 Å². The Balaban J connectivity index is 2.35. The van der Waals surface area contributed by atoms with E-state index in [-0.39, 0.29) is 24.5 Å². The Bertz CT molecular complexity index is 294. The first-order chi connectivity index (χ1) is 9.33. The van der Waals surface area contributed by atoms with Crippen molar-refractivity contribution in [1.29, 1.82) is 0 Å². The molecule has 0 saturated heterocycles. The van der Waals surface area contributed by atoms with E-state index >= 15 is 0 Å². The van der Waals surface area contributed by atoms with Crippen LogP contribution in [0.25, 0.3) is 0 Å². The normalized spacial score (nSPS) is 22.1. The molecule has 1 saturated carbocycles. The number of ether oxygens (including phenoxy) is 1. The summed E-state index contributed by atoms with van der Waals surface area (Å²) in [6.07, 6.45) is 6.82. The van der Waals surface area contributed by atoms with E-state index in [1.54, 1.807) is 13.8 Å². The number of amides is 1. The minimum atomic E-state index is -0.877. The van der Waals surface area contributed by atoms with Gasteiger partial charge in [0.15, 0.2) is 0 Å². The predicted octanol–water partition coefficient (Wildman–Crippen LogP) is 2.64. The zero-order chi connectivity index (χ0) is 15.2. The highest BCUT2D eigenvalue weighted by molar-refractivity contribution is 5.80. The van der Waals surface area contributed by atoms with Crippen molar-refractivity contribution in [3.63, 3.8) is 0 Å². The lowest BCUT2D eigenvalue weighted by molar-refractivity contribution is -0.137. The van der Waals surface area contributed by atoms with E-state index < -0.39 is 11.7 Å². The lowest BCUT2D eigenvalue weighted by Crippen LogP contribution is -2.47. The molecule has 1 aliphatic carbocycles. The van der Waals surface area contributed by atoms with Gasteiger partial charge < -0.3 is 15.2 Å². The molecule has 0 spiro atoms. The van der Waals surface area contributed by atoms with Crippen molar-refractivity contribution in [3.05, 3.63) is 0 Å². The number of hydrogen-bond donors (Lipinski definition) is 2. The standard InChI is InChI=1S/C16H31NO3/c1-12(2)16(4,19)11-17-15(18)13(3)20-14-9-7-5-6-8-10-14/h12-14,19H,5-11H2,1-4H3,(H,17,18). The van der Waals surface area contributed by atoms with Crippen molar-refractivity contribution in [2.45, 2.75) is 84.0 Å². The summed E-state index contributed by atoms with van der Waals surface area (Å²) in [7, 11) is 0. The van der Waals surface area contributed by atoms with Crippen LogP contribution in [0.2, 0.25) is 0 Å². The molecule has 0 aromatic heterocycles. The second-order valence-electron chi connectivity index (χ2n) is 6.62. The van der Waals surface area contributed by atoms with E-state index in [1.807, 2.05) is 13.8 Å². The average Bonchev–Trinajstić information content (AvgIpc) is 2.64. The largest absolute Gasteiger partial charge is 0.388 e. The smallest absolute Gasteiger partial charge is 0.248 e. The minimum Gasteiger partial charge on any atom is -0.388 e. The molecule has 0 aromatic rings. The maximum absolute atomic E-state index is 12.0. The molecule has 1 aliphatic rings. The fourth-order valence-electron chi connectivity index (χ4n) is 2.34. The van der Waals surface area contributed by atoms with Crippen molar-refractivity contribution in [2.24, 2.45) is 5.92 Å². The molecule has 0 radical (unpaired) electrons. The topological polar surface area (TPSA) is 58.6 Å². The first kappa shape index (κ1) is 17.4. The van der Waals surface area contributed by atoms with Crippen LogP contribution in [0, 0.1) is 5.92 Å². The van der Waals surface area contributed by atoms with Crippen LogP contribution < -0.4 is 5.32 Å². The summed E-state index contributed by atoms with van der Waals surface area (Å²) >= 11 is 0. The summed E-state index contributed by atoms with van der Waals surface area (Å²) in [5, 5.41) is 12.9. The van der Waals surface area contributed by atoms with Crippen molar-refractivity contribution in [1.82, 2.24) is 5.32 Å². The van der Waals surface area contributed by atoms with Gasteiger partial charge in [0.05, 0.1) is 11.7 Å². The van der Waals surface area contributed by atoms with Crippen LogP contribution >= 0.6 is 0 Å². The first-order valence-electron chi connectivity index (χ1n) is 7.98. The van der Waals surface area contributed by atoms with Gasteiger partial charge >= 0.3 is 0 Å². The van der Waals surface area contributed by atoms with E-state index in [1.165, 1.54) is 25.7 Å². The molecule has 0 bridgehead atoms. The van der Waals surface area contributed by atoms with Gasteiger partial charge in [0.25, 0.3) is 0 Å². The molecule has 1 amide bonds. The van der Waals surface area contributed by atoms with Gasteiger partial charge in [-0.1, -0.05) is 39.5 Å². The van der Waals surface area contributed by atoms with E-state index in [0.717, 1.165) is 12.8 Å². The summed E-state index contributed by atoms with van der Waals surface area (Å²) in [5.74, 6) is -0.0314. The molecule has 20 heavy (non-hydrogen) atoms. The lowest BCUT2D eigenvalue weighted by Gasteiger charge is -2.29. The maximum atomic E-state index is 12.0. The molecule has 4 heteroatoms. The van der Waals surface area contributed by atoms with Crippen molar-refractivity contribution in [3.8, 4) is 0 Å². The Morgan fingerprint density at radius 3 is 2.30 bits per heavy atom. The zero-order valence-corrected chi connectivity index (χ0v) is 13.4. The third kappa shape index (κ3) is 5.80. The van der Waals surface area contributed by atoms with Crippen molar-refractivity contribution < 1.29 is 14.6 Å². The number of rotatable bonds is 6. The quantitative estimate of drug-likeness (QED) is 0.738. The zero-order valence-electron chi connectivity index (χ0n) is 13.4. The Morgan fingerprint density at radius 1 is 1.25 bits per heavy atom. The summed E-state index contributed by atoms with van der Waals surface area (Å²) in [5.41, 5.74) is -0.877. The first-order valence-corrected chi connectivity index (χ1v) is 7.98. The SMILES string of the molecule is CC(OC1CCCCCC1)C(=O)NCC(C)(O)C(C)C. The fraction of sp³-hybridized carbons (Fsp3) is 0.938. The molecule has 2 unspecified atom stereocenters. The number of carbonyl (C=O) groups is 1. The molecule has 0 aliphatic heterocycles. The molecule has 0 aromatic carbocycles. The summed E-state index contributed by atoms with van der Waals surface area (Å²) in [6.45, 7) is 7.69. The fourth-order valence-corrected chi connectivity index (χ4v) is 2.34. The minimum absolute atomic E-state index is 0.0980. The van der Waals surface area contributed by atoms with Crippen LogP contribution in [0.4, 0.5) is 0 Å². The van der Waals surface area contributed by atoms with Gasteiger partial charge in [0.2, 0.25) is 5.91 Å². The van der Waals surface area contributed by atoms with Crippen LogP contribution in [-0.4, -0.2) is 35.4 Å². The highest BCUT2D eigenvalue weighted by Gasteiger charge is 2.27. The highest BCUT2D eigenvalue weighted by atomic mass is 16.5. The monoisotopic (exact) mass is 285 g/mol. The number of hydrogen-bond acceptors (Lipinski definition) is 3. The number of nitrogens with one attached hydrogen (secondary N) is 1. The van der Waals surface area contributed by atoms with E-state index in [2.05, 4.69) is 5.32 Å². The molecule has 1 rings (SSSR count). The van der Waals surface area contributed by atoms with E-state index in [0.29, 0.717) is 0 Å². The second kappa shape index (κ2) is 7.99. The van der Waals surface area contributed by atoms with Gasteiger partial charge in [-0.15, -0.1) is 0 Å². The highest BCUT2D eigenvalue weighted by Crippen LogP contribution is 2.21. The Labute approximate surface area is 123 Å². The average molecular weight is 285 g/mol. The number of aliphatic hydroxyl groups is 1. The lowest BCUT2D eigenvalue weighted by atomic mass is 9.92. The van der Waals surface area contributed by atoms with Crippen LogP contribution in [-0.2, 0) is 9.53 Å². The third-order valence-corrected chi connectivity index (χ3v) is 4.43. The Morgan fingerprint density at radius 2 is 1.80 bits per heavy atom. The van der Waals surface area contributed by atoms with Gasteiger partial charge in [0, 0.05) is 6.54 Å². The molecule has 0 heterocycles. The van der Waals surface area contributed by atoms with Crippen molar-refractivity contribution >= 4 is 5.91 Å². The summed E-state index contributed by atoms with van der Waals surface area (Å²) in [4.78, 5) is 12.0.